The maximum absolute atomic E-state index is 11.7. The quantitative estimate of drug-likeness (QED) is 0.352. The van der Waals surface area contributed by atoms with Gasteiger partial charge in [-0.2, -0.15) is 0 Å². The van der Waals surface area contributed by atoms with Gasteiger partial charge in [0, 0.05) is 25.6 Å². The normalized spacial score (nSPS) is 17.4. The van der Waals surface area contributed by atoms with Crippen molar-refractivity contribution in [1.29, 1.82) is 0 Å². The average molecular weight is 490 g/mol. The van der Waals surface area contributed by atoms with Crippen LogP contribution in [0.2, 0.25) is 0 Å². The highest BCUT2D eigenvalue weighted by Gasteiger charge is 2.21. The Bertz CT molecular complexity index is 730. The number of unbranched alkanes of at least 4 members (excludes halogenated alkanes) is 1. The lowest BCUT2D eigenvalue weighted by Crippen LogP contribution is -2.42. The predicted octanol–water partition coefficient (Wildman–Crippen LogP) is 4.78. The minimum absolute atomic E-state index is 0.126. The molecule has 0 bridgehead atoms. The van der Waals surface area contributed by atoms with Crippen molar-refractivity contribution >= 4 is 18.0 Å². The van der Waals surface area contributed by atoms with E-state index in [-0.39, 0.29) is 12.3 Å². The van der Waals surface area contributed by atoms with Gasteiger partial charge in [0.1, 0.15) is 11.8 Å². The summed E-state index contributed by atoms with van der Waals surface area (Å²) in [6.45, 7) is 1.90. The van der Waals surface area contributed by atoms with Gasteiger partial charge in [0.05, 0.1) is 0 Å². The number of ether oxygens (including phenoxy) is 1. The van der Waals surface area contributed by atoms with Gasteiger partial charge in [0.2, 0.25) is 5.91 Å². The molecule has 0 unspecified atom stereocenters. The van der Waals surface area contributed by atoms with E-state index in [4.69, 9.17) is 9.84 Å². The van der Waals surface area contributed by atoms with Crippen molar-refractivity contribution in [1.82, 2.24) is 16.0 Å². The van der Waals surface area contributed by atoms with E-state index in [0.717, 1.165) is 12.1 Å². The first-order valence-electron chi connectivity index (χ1n) is 13.2. The summed E-state index contributed by atoms with van der Waals surface area (Å²) >= 11 is 0. The number of benzene rings is 1. The number of carboxylic acids is 1. The number of carbonyl (C=O) groups excluding carboxylic acids is 2. The lowest BCUT2D eigenvalue weighted by molar-refractivity contribution is -0.139. The third kappa shape index (κ3) is 13.2. The molecule has 0 aliphatic heterocycles. The molecule has 196 valence electrons. The fourth-order valence-electron chi connectivity index (χ4n) is 4.63. The molecule has 8 nitrogen and oxygen atoms in total. The van der Waals surface area contributed by atoms with Crippen LogP contribution in [0.3, 0.4) is 0 Å². The van der Waals surface area contributed by atoms with Gasteiger partial charge in [-0.05, 0) is 57.1 Å². The van der Waals surface area contributed by atoms with Crippen molar-refractivity contribution in [2.24, 2.45) is 0 Å². The van der Waals surface area contributed by atoms with Gasteiger partial charge in [0.25, 0.3) is 0 Å². The summed E-state index contributed by atoms with van der Waals surface area (Å²) in [7, 11) is 0. The van der Waals surface area contributed by atoms with Crippen molar-refractivity contribution in [3.05, 3.63) is 30.3 Å². The van der Waals surface area contributed by atoms with E-state index in [1.54, 1.807) is 30.3 Å². The zero-order chi connectivity index (χ0) is 25.3. The van der Waals surface area contributed by atoms with E-state index in [0.29, 0.717) is 25.1 Å². The minimum atomic E-state index is -1.12. The van der Waals surface area contributed by atoms with Crippen LogP contribution in [0.1, 0.15) is 90.4 Å². The monoisotopic (exact) mass is 489 g/mol. The highest BCUT2D eigenvalue weighted by Crippen LogP contribution is 2.22. The third-order valence-electron chi connectivity index (χ3n) is 6.52. The van der Waals surface area contributed by atoms with Crippen LogP contribution in [0.5, 0.6) is 5.75 Å². The Balaban J connectivity index is 0.000000279. The van der Waals surface area contributed by atoms with Crippen molar-refractivity contribution in [3.8, 4) is 5.75 Å². The largest absolute Gasteiger partial charge is 0.480 e. The first-order valence-corrected chi connectivity index (χ1v) is 13.2. The van der Waals surface area contributed by atoms with Crippen molar-refractivity contribution in [3.63, 3.8) is 0 Å². The average Bonchev–Trinajstić information content (AvgIpc) is 2.85. The number of rotatable bonds is 10. The summed E-state index contributed by atoms with van der Waals surface area (Å²) in [5.74, 6) is -0.904. The van der Waals surface area contributed by atoms with Crippen LogP contribution in [-0.4, -0.2) is 47.7 Å². The van der Waals surface area contributed by atoms with E-state index >= 15 is 0 Å². The first-order chi connectivity index (χ1) is 16.9. The van der Waals surface area contributed by atoms with Crippen LogP contribution in [0.25, 0.3) is 0 Å². The Morgan fingerprint density at radius 3 is 2.00 bits per heavy atom. The summed E-state index contributed by atoms with van der Waals surface area (Å²) in [6, 6.07) is 9.12. The van der Waals surface area contributed by atoms with E-state index in [9.17, 15) is 14.4 Å². The van der Waals surface area contributed by atoms with Crippen LogP contribution >= 0.6 is 0 Å². The Kier molecular flexibility index (Phi) is 13.8. The molecule has 0 heterocycles. The molecule has 1 atom stereocenters. The van der Waals surface area contributed by atoms with Crippen molar-refractivity contribution < 1.29 is 24.2 Å². The van der Waals surface area contributed by atoms with Crippen LogP contribution in [0.4, 0.5) is 4.79 Å². The molecule has 2 aliphatic carbocycles. The number of carboxylic acid groups (broad SMARTS) is 1. The second-order valence-corrected chi connectivity index (χ2v) is 9.55. The Hall–Kier alpha value is -2.61. The molecule has 3 rings (SSSR count). The summed E-state index contributed by atoms with van der Waals surface area (Å²) in [6.07, 6.45) is 15.2. The summed E-state index contributed by atoms with van der Waals surface area (Å²) in [4.78, 5) is 33.5. The number of aliphatic carboxylic acids is 1. The maximum Gasteiger partial charge on any atom is 0.413 e. The molecule has 35 heavy (non-hydrogen) atoms. The maximum atomic E-state index is 11.7. The lowest BCUT2D eigenvalue weighted by Gasteiger charge is -2.30. The summed E-state index contributed by atoms with van der Waals surface area (Å²) in [5, 5.41) is 17.9. The van der Waals surface area contributed by atoms with E-state index in [2.05, 4.69) is 16.0 Å². The molecule has 1 aromatic rings. The summed E-state index contributed by atoms with van der Waals surface area (Å²) < 4.78 is 4.98. The lowest BCUT2D eigenvalue weighted by atomic mass is 9.91. The SMILES string of the molecule is C1CCC(NC2CCCCC2)CC1.CC(=O)NCCCC[C@H](NC(=O)Oc1ccccc1)C(=O)O. The number of para-hydroxylation sites is 1. The van der Waals surface area contributed by atoms with Crippen LogP contribution < -0.4 is 20.7 Å². The highest BCUT2D eigenvalue weighted by molar-refractivity contribution is 5.80. The molecule has 2 amide bonds. The Morgan fingerprint density at radius 1 is 0.914 bits per heavy atom. The Labute approximate surface area is 209 Å². The molecule has 0 saturated heterocycles. The molecule has 0 spiro atoms. The second kappa shape index (κ2) is 16.9. The van der Waals surface area contributed by atoms with Gasteiger partial charge in [-0.3, -0.25) is 4.79 Å². The van der Waals surface area contributed by atoms with Crippen molar-refractivity contribution in [2.75, 3.05) is 6.54 Å². The second-order valence-electron chi connectivity index (χ2n) is 9.55. The van der Waals surface area contributed by atoms with Gasteiger partial charge in [-0.15, -0.1) is 0 Å². The molecular formula is C27H43N3O5. The van der Waals surface area contributed by atoms with Gasteiger partial charge >= 0.3 is 12.1 Å². The predicted molar refractivity (Wildman–Crippen MR) is 136 cm³/mol. The van der Waals surface area contributed by atoms with Gasteiger partial charge in [-0.1, -0.05) is 56.7 Å². The molecular weight excluding hydrogens is 446 g/mol. The smallest absolute Gasteiger partial charge is 0.413 e. The summed E-state index contributed by atoms with van der Waals surface area (Å²) in [5.41, 5.74) is 0. The number of hydrogen-bond donors (Lipinski definition) is 4. The first kappa shape index (κ1) is 28.6. The minimum Gasteiger partial charge on any atom is -0.480 e. The zero-order valence-electron chi connectivity index (χ0n) is 21.1. The fraction of sp³-hybridized carbons (Fsp3) is 0.667. The molecule has 0 aromatic heterocycles. The number of amides is 2. The molecule has 1 aromatic carbocycles. The Morgan fingerprint density at radius 2 is 1.49 bits per heavy atom. The van der Waals surface area contributed by atoms with Crippen LogP contribution in [-0.2, 0) is 9.59 Å². The van der Waals surface area contributed by atoms with Crippen molar-refractivity contribution in [2.45, 2.75) is 109 Å². The molecule has 2 fully saturated rings. The third-order valence-corrected chi connectivity index (χ3v) is 6.52. The number of hydrogen-bond acceptors (Lipinski definition) is 5. The fourth-order valence-corrected chi connectivity index (χ4v) is 4.63. The van der Waals surface area contributed by atoms with Gasteiger partial charge in [-0.25, -0.2) is 9.59 Å². The van der Waals surface area contributed by atoms with E-state index < -0.39 is 18.1 Å². The van der Waals surface area contributed by atoms with Crippen LogP contribution in [0, 0.1) is 0 Å². The van der Waals surface area contributed by atoms with E-state index in [1.807, 2.05) is 0 Å². The van der Waals surface area contributed by atoms with Crippen LogP contribution in [0.15, 0.2) is 30.3 Å². The topological polar surface area (TPSA) is 117 Å². The van der Waals surface area contributed by atoms with Gasteiger partial charge < -0.3 is 25.8 Å². The molecule has 2 saturated carbocycles. The zero-order valence-corrected chi connectivity index (χ0v) is 21.1. The molecule has 8 heteroatoms. The van der Waals surface area contributed by atoms with Gasteiger partial charge in [0.15, 0.2) is 0 Å². The highest BCUT2D eigenvalue weighted by atomic mass is 16.6. The number of nitrogens with one attached hydrogen (secondary N) is 3. The molecule has 2 aliphatic rings. The van der Waals surface area contributed by atoms with E-state index in [1.165, 1.54) is 71.1 Å². The standard InChI is InChI=1S/C15H20N2O5.C12H23N/c1-11(18)16-10-6-5-9-13(14(19)20)17-15(21)22-12-7-3-2-4-8-12;1-3-7-11(8-4-1)13-12-9-5-2-6-10-12/h2-4,7-8,13H,5-6,9-10H2,1H3,(H,16,18)(H,17,21)(H,19,20);11-13H,1-10H2/t13-;/m0./s1. The number of carbonyl (C=O) groups is 3. The molecule has 0 radical (unpaired) electrons. The molecule has 4 N–H and O–H groups in total.